The van der Waals surface area contributed by atoms with E-state index in [0.717, 1.165) is 49.6 Å². The molecule has 0 saturated heterocycles. The molecule has 3 heterocycles. The van der Waals surface area contributed by atoms with Crippen molar-refractivity contribution in [1.29, 1.82) is 0 Å². The predicted molar refractivity (Wildman–Crippen MR) is 117 cm³/mol. The Morgan fingerprint density at radius 3 is 2.90 bits per heavy atom. The zero-order valence-electron chi connectivity index (χ0n) is 16.2. The molecule has 6 nitrogen and oxygen atoms in total. The molecule has 0 fully saturated rings. The number of nitrogens with one attached hydrogen (secondary N) is 3. The number of rotatable bonds is 3. The van der Waals surface area contributed by atoms with Crippen LogP contribution in [-0.2, 0) is 16.0 Å². The van der Waals surface area contributed by atoms with Crippen molar-refractivity contribution in [2.45, 2.75) is 25.2 Å². The van der Waals surface area contributed by atoms with Crippen molar-refractivity contribution >= 4 is 51.5 Å². The number of fused-ring (bicyclic) bond motifs is 4. The summed E-state index contributed by atoms with van der Waals surface area (Å²) in [5, 5.41) is 10.6. The molecule has 2 aliphatic rings. The van der Waals surface area contributed by atoms with Crippen molar-refractivity contribution in [3.8, 4) is 11.1 Å². The van der Waals surface area contributed by atoms with Gasteiger partial charge in [0.25, 0.3) is 0 Å². The van der Waals surface area contributed by atoms with Crippen LogP contribution >= 0.6 is 11.8 Å². The number of carbonyl (C=O) groups is 2. The van der Waals surface area contributed by atoms with Crippen LogP contribution in [0, 0.1) is 6.92 Å². The van der Waals surface area contributed by atoms with Gasteiger partial charge < -0.3 is 16.0 Å². The molecule has 2 aliphatic heterocycles. The SMILES string of the molecule is CC(=O)NCCc1c2c(c3nccc4c3c1Nc1cc(C)ccc1-4)NC(=O)CS2. The van der Waals surface area contributed by atoms with Crippen LogP contribution < -0.4 is 16.0 Å². The van der Waals surface area contributed by atoms with Gasteiger partial charge in [0.15, 0.2) is 0 Å². The fraction of sp³-hybridized carbons (Fsp3) is 0.227. The van der Waals surface area contributed by atoms with Crippen LogP contribution in [0.25, 0.3) is 22.0 Å². The molecule has 5 rings (SSSR count). The van der Waals surface area contributed by atoms with Crippen LogP contribution in [0.2, 0.25) is 0 Å². The van der Waals surface area contributed by atoms with Gasteiger partial charge in [-0.3, -0.25) is 14.6 Å². The summed E-state index contributed by atoms with van der Waals surface area (Å²) in [4.78, 5) is 29.2. The summed E-state index contributed by atoms with van der Waals surface area (Å²) in [6, 6.07) is 8.41. The molecule has 0 spiro atoms. The first-order valence-electron chi connectivity index (χ1n) is 9.55. The Bertz CT molecular complexity index is 1210. The number of nitrogens with zero attached hydrogens (tertiary/aromatic N) is 1. The number of anilines is 3. The summed E-state index contributed by atoms with van der Waals surface area (Å²) in [5.74, 6) is 0.309. The first kappa shape index (κ1) is 18.0. The van der Waals surface area contributed by atoms with Gasteiger partial charge in [0.2, 0.25) is 11.8 Å². The first-order chi connectivity index (χ1) is 14.0. The zero-order chi connectivity index (χ0) is 20.1. The highest BCUT2D eigenvalue weighted by Gasteiger charge is 2.29. The average Bonchev–Trinajstić information content (AvgIpc) is 2.69. The smallest absolute Gasteiger partial charge is 0.234 e. The number of pyridine rings is 1. The van der Waals surface area contributed by atoms with Crippen LogP contribution in [0.1, 0.15) is 18.1 Å². The standard InChI is InChI=1S/C22H20N4O2S/c1-11-3-4-13-14-5-8-24-20-18(14)19(25-16(13)9-11)15(6-7-23-12(2)27)22-21(20)26-17(28)10-29-22/h3-5,8-9,25H,6-7,10H2,1-2H3,(H,23,27)(H,26,28). The minimum absolute atomic E-state index is 0.0161. The molecule has 29 heavy (non-hydrogen) atoms. The van der Waals surface area contributed by atoms with E-state index in [1.54, 1.807) is 6.20 Å². The van der Waals surface area contributed by atoms with Gasteiger partial charge in [0.05, 0.1) is 22.6 Å². The van der Waals surface area contributed by atoms with E-state index in [4.69, 9.17) is 0 Å². The maximum absolute atomic E-state index is 12.1. The maximum atomic E-state index is 12.1. The Morgan fingerprint density at radius 2 is 2.07 bits per heavy atom. The summed E-state index contributed by atoms with van der Waals surface area (Å²) >= 11 is 1.54. The second-order valence-electron chi connectivity index (χ2n) is 7.38. The molecule has 2 amide bonds. The minimum atomic E-state index is -0.0504. The van der Waals surface area contributed by atoms with Gasteiger partial charge in [0.1, 0.15) is 0 Å². The lowest BCUT2D eigenvalue weighted by Gasteiger charge is -2.29. The Balaban J connectivity index is 1.79. The van der Waals surface area contributed by atoms with Crippen molar-refractivity contribution in [2.24, 2.45) is 0 Å². The highest BCUT2D eigenvalue weighted by atomic mass is 32.2. The normalized spacial score (nSPS) is 13.9. The molecule has 0 atom stereocenters. The quantitative estimate of drug-likeness (QED) is 0.481. The molecule has 3 N–H and O–H groups in total. The van der Waals surface area contributed by atoms with E-state index in [9.17, 15) is 9.59 Å². The number of carbonyl (C=O) groups excluding carboxylic acids is 2. The van der Waals surface area contributed by atoms with E-state index in [0.29, 0.717) is 18.7 Å². The fourth-order valence-corrected chi connectivity index (χ4v) is 5.13. The molecule has 7 heteroatoms. The molecule has 2 aromatic carbocycles. The van der Waals surface area contributed by atoms with Crippen LogP contribution in [0.3, 0.4) is 0 Å². The Morgan fingerprint density at radius 1 is 1.21 bits per heavy atom. The van der Waals surface area contributed by atoms with E-state index in [1.165, 1.54) is 24.2 Å². The minimum Gasteiger partial charge on any atom is -0.356 e. The van der Waals surface area contributed by atoms with Gasteiger partial charge in [-0.1, -0.05) is 12.1 Å². The lowest BCUT2D eigenvalue weighted by molar-refractivity contribution is -0.119. The monoisotopic (exact) mass is 404 g/mol. The van der Waals surface area contributed by atoms with Crippen molar-refractivity contribution in [2.75, 3.05) is 22.9 Å². The third kappa shape index (κ3) is 2.93. The molecule has 0 aliphatic carbocycles. The molecular formula is C22H20N4O2S. The highest BCUT2D eigenvalue weighted by molar-refractivity contribution is 8.00. The van der Waals surface area contributed by atoms with Crippen molar-refractivity contribution < 1.29 is 9.59 Å². The Hall–Kier alpha value is -3.06. The van der Waals surface area contributed by atoms with Crippen molar-refractivity contribution in [1.82, 2.24) is 10.3 Å². The molecule has 0 saturated carbocycles. The second-order valence-corrected chi connectivity index (χ2v) is 8.37. The topological polar surface area (TPSA) is 83.1 Å². The van der Waals surface area contributed by atoms with Gasteiger partial charge in [0, 0.05) is 41.2 Å². The summed E-state index contributed by atoms with van der Waals surface area (Å²) < 4.78 is 0. The molecule has 0 unspecified atom stereocenters. The summed E-state index contributed by atoms with van der Waals surface area (Å²) in [6.45, 7) is 4.14. The molecule has 146 valence electrons. The summed E-state index contributed by atoms with van der Waals surface area (Å²) in [5.41, 5.74) is 8.18. The van der Waals surface area contributed by atoms with Gasteiger partial charge >= 0.3 is 0 Å². The van der Waals surface area contributed by atoms with E-state index >= 15 is 0 Å². The Labute approximate surface area is 172 Å². The molecular weight excluding hydrogens is 384 g/mol. The van der Waals surface area contributed by atoms with Gasteiger partial charge in [-0.05, 0) is 42.2 Å². The van der Waals surface area contributed by atoms with Gasteiger partial charge in [-0.25, -0.2) is 0 Å². The number of amides is 2. The van der Waals surface area contributed by atoms with Crippen molar-refractivity contribution in [3.63, 3.8) is 0 Å². The number of thioether (sulfide) groups is 1. The van der Waals surface area contributed by atoms with E-state index in [-0.39, 0.29) is 11.8 Å². The first-order valence-corrected chi connectivity index (χ1v) is 10.5. The molecule has 0 radical (unpaired) electrons. The summed E-state index contributed by atoms with van der Waals surface area (Å²) in [6.07, 6.45) is 2.47. The van der Waals surface area contributed by atoms with Gasteiger partial charge in [-0.2, -0.15) is 0 Å². The maximum Gasteiger partial charge on any atom is 0.234 e. The zero-order valence-corrected chi connectivity index (χ0v) is 17.0. The third-order valence-corrected chi connectivity index (χ3v) is 6.47. The van der Waals surface area contributed by atoms with E-state index in [2.05, 4.69) is 46.1 Å². The van der Waals surface area contributed by atoms with Crippen molar-refractivity contribution in [3.05, 3.63) is 41.6 Å². The van der Waals surface area contributed by atoms with Crippen LogP contribution in [0.5, 0.6) is 0 Å². The second kappa shape index (κ2) is 6.77. The molecule has 3 aromatic rings. The largest absolute Gasteiger partial charge is 0.356 e. The molecule has 1 aromatic heterocycles. The predicted octanol–water partition coefficient (Wildman–Crippen LogP) is 3.99. The van der Waals surface area contributed by atoms with E-state index in [1.807, 2.05) is 6.07 Å². The third-order valence-electron chi connectivity index (χ3n) is 5.33. The number of benzene rings is 2. The lowest BCUT2D eigenvalue weighted by atomic mass is 9.90. The average molecular weight is 404 g/mol. The number of hydrogen-bond donors (Lipinski definition) is 3. The van der Waals surface area contributed by atoms with Crippen LogP contribution in [0.4, 0.5) is 17.1 Å². The van der Waals surface area contributed by atoms with Crippen LogP contribution in [-0.4, -0.2) is 29.1 Å². The number of aryl methyl sites for hydroxylation is 1. The Kier molecular flexibility index (Phi) is 4.20. The molecule has 0 bridgehead atoms. The summed E-state index contributed by atoms with van der Waals surface area (Å²) in [7, 11) is 0. The van der Waals surface area contributed by atoms with E-state index < -0.39 is 0 Å². The van der Waals surface area contributed by atoms with Crippen LogP contribution in [0.15, 0.2) is 35.4 Å². The van der Waals surface area contributed by atoms with Gasteiger partial charge in [-0.15, -0.1) is 11.8 Å². The number of hydrogen-bond acceptors (Lipinski definition) is 5. The lowest BCUT2D eigenvalue weighted by Crippen LogP contribution is -2.25. The highest BCUT2D eigenvalue weighted by Crippen LogP contribution is 2.51. The fourth-order valence-electron chi connectivity index (χ4n) is 4.11. The number of aromatic nitrogens is 1.